The molecule has 114 valence electrons. The summed E-state index contributed by atoms with van der Waals surface area (Å²) in [5.74, 6) is 0.314. The van der Waals surface area contributed by atoms with Gasteiger partial charge in [-0.15, -0.1) is 11.6 Å². The molecule has 0 aliphatic carbocycles. The van der Waals surface area contributed by atoms with Gasteiger partial charge >= 0.3 is 0 Å². The second-order valence-electron chi connectivity index (χ2n) is 5.03. The predicted molar refractivity (Wildman–Crippen MR) is 82.4 cm³/mol. The fourth-order valence-corrected chi connectivity index (χ4v) is 2.46. The van der Waals surface area contributed by atoms with Crippen LogP contribution in [0.3, 0.4) is 0 Å². The van der Waals surface area contributed by atoms with E-state index >= 15 is 0 Å². The minimum absolute atomic E-state index is 0.0104. The Balaban J connectivity index is 2.45. The van der Waals surface area contributed by atoms with Crippen LogP contribution in [0.1, 0.15) is 19.7 Å². The van der Waals surface area contributed by atoms with Crippen molar-refractivity contribution in [3.63, 3.8) is 0 Å². The molecule has 2 rings (SSSR count). The first kappa shape index (κ1) is 16.0. The van der Waals surface area contributed by atoms with Crippen LogP contribution in [0.5, 0.6) is 0 Å². The Morgan fingerprint density at radius 3 is 2.81 bits per heavy atom. The van der Waals surface area contributed by atoms with E-state index in [0.29, 0.717) is 29.2 Å². The lowest BCUT2D eigenvalue weighted by atomic mass is 10.3. The molecule has 21 heavy (non-hydrogen) atoms. The Hall–Kier alpha value is -1.33. The number of carbonyl (C=O) groups is 1. The van der Waals surface area contributed by atoms with Crippen LogP contribution < -0.4 is 5.32 Å². The van der Waals surface area contributed by atoms with Crippen molar-refractivity contribution in [1.29, 1.82) is 0 Å². The van der Waals surface area contributed by atoms with Crippen molar-refractivity contribution in [1.82, 2.24) is 14.9 Å². The van der Waals surface area contributed by atoms with E-state index in [9.17, 15) is 9.18 Å². The first-order chi connectivity index (χ1) is 9.92. The van der Waals surface area contributed by atoms with E-state index in [2.05, 4.69) is 10.3 Å². The van der Waals surface area contributed by atoms with Crippen molar-refractivity contribution in [3.8, 4) is 0 Å². The van der Waals surface area contributed by atoms with Gasteiger partial charge in [0.15, 0.2) is 0 Å². The normalized spacial score (nSPS) is 11.3. The first-order valence-electron chi connectivity index (χ1n) is 6.62. The molecule has 0 fully saturated rings. The molecule has 0 unspecified atom stereocenters. The Kier molecular flexibility index (Phi) is 5.06. The number of amides is 1. The number of halogens is 3. The van der Waals surface area contributed by atoms with Crippen molar-refractivity contribution < 1.29 is 9.18 Å². The molecular formula is C14H16Cl2FN3O. The number of nitrogens with one attached hydrogen (secondary N) is 1. The summed E-state index contributed by atoms with van der Waals surface area (Å²) < 4.78 is 15.3. The summed E-state index contributed by atoms with van der Waals surface area (Å²) in [6.07, 6.45) is 0.491. The van der Waals surface area contributed by atoms with Gasteiger partial charge in [0.1, 0.15) is 18.2 Å². The lowest BCUT2D eigenvalue weighted by molar-refractivity contribution is -0.122. The summed E-state index contributed by atoms with van der Waals surface area (Å²) in [5, 5.41) is 2.81. The third-order valence-corrected chi connectivity index (χ3v) is 3.42. The van der Waals surface area contributed by atoms with Crippen molar-refractivity contribution in [2.24, 2.45) is 0 Å². The van der Waals surface area contributed by atoms with Gasteiger partial charge < -0.3 is 9.88 Å². The molecule has 1 heterocycles. The summed E-state index contributed by atoms with van der Waals surface area (Å²) in [6, 6.07) is 2.79. The molecule has 7 heteroatoms. The molecule has 0 saturated heterocycles. The molecule has 2 aromatic rings. The Morgan fingerprint density at radius 1 is 1.48 bits per heavy atom. The topological polar surface area (TPSA) is 46.9 Å². The summed E-state index contributed by atoms with van der Waals surface area (Å²) >= 11 is 11.5. The Labute approximate surface area is 132 Å². The minimum atomic E-state index is -0.535. The summed E-state index contributed by atoms with van der Waals surface area (Å²) in [6.45, 7) is 3.83. The zero-order valence-electron chi connectivity index (χ0n) is 11.8. The van der Waals surface area contributed by atoms with Crippen LogP contribution >= 0.6 is 23.2 Å². The maximum absolute atomic E-state index is 13.7. The average Bonchev–Trinajstić information content (AvgIpc) is 2.68. The van der Waals surface area contributed by atoms with E-state index in [1.165, 1.54) is 12.1 Å². The largest absolute Gasteiger partial charge is 0.352 e. The molecule has 0 aliphatic rings. The van der Waals surface area contributed by atoms with Crippen LogP contribution in [0.15, 0.2) is 12.1 Å². The van der Waals surface area contributed by atoms with Gasteiger partial charge in [-0.3, -0.25) is 4.79 Å². The number of aromatic nitrogens is 2. The highest BCUT2D eigenvalue weighted by Crippen LogP contribution is 2.24. The van der Waals surface area contributed by atoms with E-state index in [0.717, 1.165) is 0 Å². The number of rotatable bonds is 5. The predicted octanol–water partition coefficient (Wildman–Crippen LogP) is 3.13. The summed E-state index contributed by atoms with van der Waals surface area (Å²) in [4.78, 5) is 16.3. The van der Waals surface area contributed by atoms with Gasteiger partial charge in [-0.2, -0.15) is 0 Å². The lowest BCUT2D eigenvalue weighted by Gasteiger charge is -2.11. The smallest absolute Gasteiger partial charge is 0.240 e. The second kappa shape index (κ2) is 6.62. The number of imidazole rings is 1. The highest BCUT2D eigenvalue weighted by atomic mass is 35.5. The highest BCUT2D eigenvalue weighted by Gasteiger charge is 2.16. The SMILES string of the molecule is CC(C)NC(=O)Cn1c(CCCl)nc2cc(Cl)c(F)cc21. The standard InChI is InChI=1S/C14H16Cl2FN3O/c1-8(2)18-14(21)7-20-12-6-10(17)9(16)5-11(12)19-13(20)3-4-15/h5-6,8H,3-4,7H2,1-2H3,(H,18,21). The van der Waals surface area contributed by atoms with Crippen molar-refractivity contribution in [2.45, 2.75) is 32.9 Å². The number of hydrogen-bond acceptors (Lipinski definition) is 2. The van der Waals surface area contributed by atoms with E-state index in [-0.39, 0.29) is 23.5 Å². The molecule has 0 radical (unpaired) electrons. The zero-order valence-corrected chi connectivity index (χ0v) is 13.3. The molecule has 1 N–H and O–H groups in total. The molecule has 0 saturated carbocycles. The Bertz CT molecular complexity index is 670. The van der Waals surface area contributed by atoms with Crippen LogP contribution in [-0.4, -0.2) is 27.4 Å². The van der Waals surface area contributed by atoms with Crippen LogP contribution in [-0.2, 0) is 17.8 Å². The number of hydrogen-bond donors (Lipinski definition) is 1. The van der Waals surface area contributed by atoms with Gasteiger partial charge in [-0.1, -0.05) is 11.6 Å². The van der Waals surface area contributed by atoms with Crippen LogP contribution in [0.2, 0.25) is 5.02 Å². The quantitative estimate of drug-likeness (QED) is 0.855. The van der Waals surface area contributed by atoms with Crippen molar-refractivity contribution in [3.05, 3.63) is 28.8 Å². The molecule has 0 spiro atoms. The number of fused-ring (bicyclic) bond motifs is 1. The fourth-order valence-electron chi connectivity index (χ4n) is 2.13. The van der Waals surface area contributed by atoms with Gasteiger partial charge in [0.25, 0.3) is 0 Å². The minimum Gasteiger partial charge on any atom is -0.352 e. The van der Waals surface area contributed by atoms with E-state index in [4.69, 9.17) is 23.2 Å². The summed E-state index contributed by atoms with van der Waals surface area (Å²) in [7, 11) is 0. The molecule has 0 bridgehead atoms. The number of nitrogens with zero attached hydrogens (tertiary/aromatic N) is 2. The first-order valence-corrected chi connectivity index (χ1v) is 7.53. The third-order valence-electron chi connectivity index (χ3n) is 2.94. The van der Waals surface area contributed by atoms with E-state index in [1.54, 1.807) is 4.57 Å². The van der Waals surface area contributed by atoms with Crippen molar-refractivity contribution in [2.75, 3.05) is 5.88 Å². The fraction of sp³-hybridized carbons (Fsp3) is 0.429. The van der Waals surface area contributed by atoms with Gasteiger partial charge in [-0.05, 0) is 19.9 Å². The maximum atomic E-state index is 13.7. The average molecular weight is 332 g/mol. The number of alkyl halides is 1. The number of carbonyl (C=O) groups excluding carboxylic acids is 1. The maximum Gasteiger partial charge on any atom is 0.240 e. The molecule has 1 amide bonds. The van der Waals surface area contributed by atoms with Gasteiger partial charge in [0, 0.05) is 24.4 Å². The number of aryl methyl sites for hydroxylation is 1. The third kappa shape index (κ3) is 3.66. The Morgan fingerprint density at radius 2 is 2.19 bits per heavy atom. The van der Waals surface area contributed by atoms with Gasteiger partial charge in [0.05, 0.1) is 16.1 Å². The van der Waals surface area contributed by atoms with Crippen molar-refractivity contribution >= 4 is 40.1 Å². The zero-order chi connectivity index (χ0) is 15.6. The van der Waals surface area contributed by atoms with Crippen LogP contribution in [0, 0.1) is 5.82 Å². The van der Waals surface area contributed by atoms with Gasteiger partial charge in [0.2, 0.25) is 5.91 Å². The second-order valence-corrected chi connectivity index (χ2v) is 5.82. The van der Waals surface area contributed by atoms with Crippen LogP contribution in [0.25, 0.3) is 11.0 Å². The van der Waals surface area contributed by atoms with Crippen LogP contribution in [0.4, 0.5) is 4.39 Å². The van der Waals surface area contributed by atoms with Gasteiger partial charge in [-0.25, -0.2) is 9.37 Å². The molecule has 1 aromatic heterocycles. The molecule has 1 aromatic carbocycles. The molecule has 0 atom stereocenters. The summed E-state index contributed by atoms with van der Waals surface area (Å²) in [5.41, 5.74) is 1.09. The van der Waals surface area contributed by atoms with E-state index in [1.807, 2.05) is 13.8 Å². The number of benzene rings is 1. The molecular weight excluding hydrogens is 316 g/mol. The highest BCUT2D eigenvalue weighted by molar-refractivity contribution is 6.31. The molecule has 4 nitrogen and oxygen atoms in total. The molecule has 0 aliphatic heterocycles. The lowest BCUT2D eigenvalue weighted by Crippen LogP contribution is -2.33. The van der Waals surface area contributed by atoms with E-state index < -0.39 is 5.82 Å². The monoisotopic (exact) mass is 331 g/mol.